The number of rotatable bonds is 4. The number of halogens is 2. The van der Waals surface area contributed by atoms with E-state index in [9.17, 15) is 9.18 Å². The number of benzene rings is 2. The molecule has 3 nitrogen and oxygen atoms in total. The Morgan fingerprint density at radius 1 is 1.24 bits per heavy atom. The second-order valence-corrected chi connectivity index (χ2v) is 5.24. The standard InChI is InChI=1S/C16H12BrFN2O/c17-12-7-8-14(15(18)11-12)16(21)20(10-4-9-19)13-5-2-1-3-6-13/h1-3,5-8,11H,4,10H2. The van der Waals surface area contributed by atoms with Gasteiger partial charge in [-0.1, -0.05) is 34.1 Å². The summed E-state index contributed by atoms with van der Waals surface area (Å²) in [6, 6.07) is 15.2. The molecular weight excluding hydrogens is 335 g/mol. The lowest BCUT2D eigenvalue weighted by atomic mass is 10.1. The highest BCUT2D eigenvalue weighted by Gasteiger charge is 2.20. The molecule has 0 aliphatic carbocycles. The van der Waals surface area contributed by atoms with Gasteiger partial charge in [0.15, 0.2) is 0 Å². The normalized spacial score (nSPS) is 9.95. The Morgan fingerprint density at radius 2 is 1.95 bits per heavy atom. The van der Waals surface area contributed by atoms with Crippen molar-refractivity contribution in [1.82, 2.24) is 0 Å². The van der Waals surface area contributed by atoms with Gasteiger partial charge in [0.25, 0.3) is 5.91 Å². The molecule has 0 aliphatic heterocycles. The zero-order valence-electron chi connectivity index (χ0n) is 11.1. The van der Waals surface area contributed by atoms with Crippen molar-refractivity contribution in [2.75, 3.05) is 11.4 Å². The predicted molar refractivity (Wildman–Crippen MR) is 82.4 cm³/mol. The number of amides is 1. The van der Waals surface area contributed by atoms with Crippen molar-refractivity contribution in [2.45, 2.75) is 6.42 Å². The van der Waals surface area contributed by atoms with Crippen LogP contribution in [0.15, 0.2) is 53.0 Å². The predicted octanol–water partition coefficient (Wildman–Crippen LogP) is 4.15. The average molecular weight is 347 g/mol. The minimum absolute atomic E-state index is 0.0139. The molecule has 5 heteroatoms. The van der Waals surface area contributed by atoms with Crippen molar-refractivity contribution >= 4 is 27.5 Å². The van der Waals surface area contributed by atoms with Crippen LogP contribution in [0.25, 0.3) is 0 Å². The molecule has 0 saturated heterocycles. The Labute approximate surface area is 130 Å². The second-order valence-electron chi connectivity index (χ2n) is 4.32. The first-order valence-electron chi connectivity index (χ1n) is 6.32. The maximum absolute atomic E-state index is 14.0. The lowest BCUT2D eigenvalue weighted by molar-refractivity contribution is 0.0983. The number of anilines is 1. The molecule has 2 aromatic carbocycles. The minimum Gasteiger partial charge on any atom is -0.307 e. The second kappa shape index (κ2) is 7.00. The quantitative estimate of drug-likeness (QED) is 0.834. The van der Waals surface area contributed by atoms with E-state index in [1.54, 1.807) is 30.3 Å². The summed E-state index contributed by atoms with van der Waals surface area (Å²) >= 11 is 3.16. The maximum atomic E-state index is 14.0. The maximum Gasteiger partial charge on any atom is 0.261 e. The van der Waals surface area contributed by atoms with Gasteiger partial charge in [-0.05, 0) is 30.3 Å². The average Bonchev–Trinajstić information content (AvgIpc) is 2.48. The van der Waals surface area contributed by atoms with E-state index in [4.69, 9.17) is 5.26 Å². The number of carbonyl (C=O) groups excluding carboxylic acids is 1. The third kappa shape index (κ3) is 3.67. The van der Waals surface area contributed by atoms with E-state index in [-0.39, 0.29) is 18.5 Å². The molecule has 0 atom stereocenters. The third-order valence-corrected chi connectivity index (χ3v) is 3.42. The summed E-state index contributed by atoms with van der Waals surface area (Å²) in [6.45, 7) is 0.217. The van der Waals surface area contributed by atoms with Crippen LogP contribution in [0, 0.1) is 17.1 Å². The van der Waals surface area contributed by atoms with Gasteiger partial charge in [0.2, 0.25) is 0 Å². The van der Waals surface area contributed by atoms with Crippen molar-refractivity contribution in [3.8, 4) is 6.07 Å². The molecule has 0 fully saturated rings. The lowest BCUT2D eigenvalue weighted by Crippen LogP contribution is -2.32. The molecule has 0 bridgehead atoms. The smallest absolute Gasteiger partial charge is 0.261 e. The van der Waals surface area contributed by atoms with E-state index in [1.807, 2.05) is 12.1 Å². The molecule has 106 valence electrons. The fourth-order valence-electron chi connectivity index (χ4n) is 1.93. The van der Waals surface area contributed by atoms with Gasteiger partial charge in [0, 0.05) is 16.7 Å². The molecule has 2 rings (SSSR count). The highest BCUT2D eigenvalue weighted by Crippen LogP contribution is 2.21. The van der Waals surface area contributed by atoms with Crippen molar-refractivity contribution in [2.24, 2.45) is 0 Å². The summed E-state index contributed by atoms with van der Waals surface area (Å²) in [5.41, 5.74) is 0.625. The van der Waals surface area contributed by atoms with E-state index in [0.717, 1.165) is 0 Å². The highest BCUT2D eigenvalue weighted by atomic mass is 79.9. The summed E-state index contributed by atoms with van der Waals surface area (Å²) in [5.74, 6) is -1.05. The summed E-state index contributed by atoms with van der Waals surface area (Å²) in [6.07, 6.45) is 0.179. The largest absolute Gasteiger partial charge is 0.307 e. The summed E-state index contributed by atoms with van der Waals surface area (Å²) in [4.78, 5) is 14.0. The van der Waals surface area contributed by atoms with Crippen LogP contribution in [-0.4, -0.2) is 12.5 Å². The number of hydrogen-bond donors (Lipinski definition) is 0. The molecule has 0 unspecified atom stereocenters. The molecular formula is C16H12BrFN2O. The first-order chi connectivity index (χ1) is 10.1. The van der Waals surface area contributed by atoms with E-state index in [0.29, 0.717) is 10.2 Å². The van der Waals surface area contributed by atoms with Gasteiger partial charge in [-0.3, -0.25) is 4.79 Å². The number of hydrogen-bond acceptors (Lipinski definition) is 2. The molecule has 0 heterocycles. The molecule has 0 radical (unpaired) electrons. The Kier molecular flexibility index (Phi) is 5.07. The third-order valence-electron chi connectivity index (χ3n) is 2.92. The monoisotopic (exact) mass is 346 g/mol. The molecule has 21 heavy (non-hydrogen) atoms. The van der Waals surface area contributed by atoms with E-state index < -0.39 is 11.7 Å². The van der Waals surface area contributed by atoms with Crippen LogP contribution in [0.1, 0.15) is 16.8 Å². The Morgan fingerprint density at radius 3 is 2.57 bits per heavy atom. The van der Waals surface area contributed by atoms with Crippen LogP contribution in [0.5, 0.6) is 0 Å². The molecule has 0 spiro atoms. The van der Waals surface area contributed by atoms with E-state index in [1.165, 1.54) is 17.0 Å². The van der Waals surface area contributed by atoms with Gasteiger partial charge in [0.05, 0.1) is 18.1 Å². The molecule has 2 aromatic rings. The van der Waals surface area contributed by atoms with E-state index >= 15 is 0 Å². The number of nitriles is 1. The van der Waals surface area contributed by atoms with Crippen molar-refractivity contribution in [3.05, 3.63) is 64.4 Å². The minimum atomic E-state index is -0.590. The van der Waals surface area contributed by atoms with Gasteiger partial charge in [0.1, 0.15) is 5.82 Å². The van der Waals surface area contributed by atoms with Gasteiger partial charge in [-0.15, -0.1) is 0 Å². The van der Waals surface area contributed by atoms with Crippen LogP contribution < -0.4 is 4.90 Å². The number of nitrogens with zero attached hydrogens (tertiary/aromatic N) is 2. The summed E-state index contributed by atoms with van der Waals surface area (Å²) < 4.78 is 14.5. The Bertz CT molecular complexity index is 682. The van der Waals surface area contributed by atoms with Crippen LogP contribution in [0.4, 0.5) is 10.1 Å². The summed E-state index contributed by atoms with van der Waals surface area (Å²) in [7, 11) is 0. The molecule has 0 saturated carbocycles. The van der Waals surface area contributed by atoms with E-state index in [2.05, 4.69) is 15.9 Å². The molecule has 0 aliphatic rings. The fraction of sp³-hybridized carbons (Fsp3) is 0.125. The van der Waals surface area contributed by atoms with Gasteiger partial charge in [-0.25, -0.2) is 4.39 Å². The SMILES string of the molecule is N#CCCN(C(=O)c1ccc(Br)cc1F)c1ccccc1. The van der Waals surface area contributed by atoms with Crippen LogP contribution in [0.2, 0.25) is 0 Å². The zero-order valence-corrected chi connectivity index (χ0v) is 12.7. The van der Waals surface area contributed by atoms with Crippen molar-refractivity contribution < 1.29 is 9.18 Å². The van der Waals surface area contributed by atoms with Crippen molar-refractivity contribution in [1.29, 1.82) is 5.26 Å². The molecule has 0 aromatic heterocycles. The first-order valence-corrected chi connectivity index (χ1v) is 7.11. The number of para-hydroxylation sites is 1. The molecule has 1 amide bonds. The van der Waals surface area contributed by atoms with Gasteiger partial charge in [-0.2, -0.15) is 5.26 Å². The Balaban J connectivity index is 2.37. The fourth-order valence-corrected chi connectivity index (χ4v) is 2.26. The van der Waals surface area contributed by atoms with Gasteiger partial charge >= 0.3 is 0 Å². The highest BCUT2D eigenvalue weighted by molar-refractivity contribution is 9.10. The van der Waals surface area contributed by atoms with Crippen molar-refractivity contribution in [3.63, 3.8) is 0 Å². The Hall–Kier alpha value is -2.19. The van der Waals surface area contributed by atoms with Gasteiger partial charge < -0.3 is 4.90 Å². The number of carbonyl (C=O) groups is 1. The zero-order chi connectivity index (χ0) is 15.2. The topological polar surface area (TPSA) is 44.1 Å². The lowest BCUT2D eigenvalue weighted by Gasteiger charge is -2.22. The van der Waals surface area contributed by atoms with Crippen LogP contribution >= 0.6 is 15.9 Å². The summed E-state index contributed by atoms with van der Waals surface area (Å²) in [5, 5.41) is 8.74. The first kappa shape index (κ1) is 15.2. The van der Waals surface area contributed by atoms with Crippen LogP contribution in [-0.2, 0) is 0 Å². The van der Waals surface area contributed by atoms with Crippen LogP contribution in [0.3, 0.4) is 0 Å². The molecule has 0 N–H and O–H groups in total.